The monoisotopic (exact) mass is 397 g/mol. The van der Waals surface area contributed by atoms with Crippen LogP contribution in [0.4, 0.5) is 5.13 Å². The average Bonchev–Trinajstić information content (AvgIpc) is 3.38. The number of thiazole rings is 1. The molecule has 5 rings (SSSR count). The molecule has 146 valence electrons. The number of fused-ring (bicyclic) bond motifs is 2. The summed E-state index contributed by atoms with van der Waals surface area (Å²) >= 11 is 1.79. The molecule has 8 heteroatoms. The molecule has 0 saturated carbocycles. The third kappa shape index (κ3) is 3.49. The molecule has 1 fully saturated rings. The number of nitrogens with zero attached hydrogens (tertiary/aromatic N) is 3. The molecule has 1 aromatic carbocycles. The van der Waals surface area contributed by atoms with E-state index >= 15 is 0 Å². The summed E-state index contributed by atoms with van der Waals surface area (Å²) in [6.45, 7) is 3.86. The highest BCUT2D eigenvalue weighted by Gasteiger charge is 2.28. The van der Waals surface area contributed by atoms with E-state index in [0.717, 1.165) is 73.0 Å². The summed E-state index contributed by atoms with van der Waals surface area (Å²) in [6, 6.07) is 6.02. The first-order valence-corrected chi connectivity index (χ1v) is 10.6. The van der Waals surface area contributed by atoms with Gasteiger partial charge in [-0.05, 0) is 30.5 Å². The summed E-state index contributed by atoms with van der Waals surface area (Å²) in [7, 11) is 0. The number of imidazole rings is 1. The van der Waals surface area contributed by atoms with Crippen LogP contribution in [0, 0.1) is 5.92 Å². The molecule has 7 nitrogen and oxygen atoms in total. The average molecular weight is 398 g/mol. The number of benzene rings is 1. The zero-order valence-corrected chi connectivity index (χ0v) is 16.4. The van der Waals surface area contributed by atoms with Crippen molar-refractivity contribution >= 4 is 33.4 Å². The lowest BCUT2D eigenvalue weighted by atomic mass is 9.90. The van der Waals surface area contributed by atoms with Crippen LogP contribution in [0.1, 0.15) is 22.6 Å². The minimum absolute atomic E-state index is 0.00280. The lowest BCUT2D eigenvalue weighted by Gasteiger charge is -2.26. The predicted octanol–water partition coefficient (Wildman–Crippen LogP) is 2.28. The standard InChI is InChI=1S/C20H23N5O2S/c26-19(21-11-13-1-3-15-16(9-13)23-12-22-15)14-2-4-18-17(10-14)24-20(28-18)25-5-7-27-8-6-25/h1,3,9,12,14H,2,4-8,10-11H2,(H,21,26)(H,22,23). The van der Waals surface area contributed by atoms with Crippen molar-refractivity contribution in [1.82, 2.24) is 20.3 Å². The highest BCUT2D eigenvalue weighted by atomic mass is 32.1. The second-order valence-electron chi connectivity index (χ2n) is 7.38. The number of aromatic nitrogens is 3. The first kappa shape index (κ1) is 17.6. The number of amides is 1. The third-order valence-corrected chi connectivity index (χ3v) is 6.75. The predicted molar refractivity (Wildman–Crippen MR) is 109 cm³/mol. The maximum atomic E-state index is 12.7. The van der Waals surface area contributed by atoms with Crippen molar-refractivity contribution in [2.24, 2.45) is 5.92 Å². The van der Waals surface area contributed by atoms with Crippen molar-refractivity contribution in [2.75, 3.05) is 31.2 Å². The van der Waals surface area contributed by atoms with Gasteiger partial charge in [0.15, 0.2) is 5.13 Å². The molecule has 0 bridgehead atoms. The van der Waals surface area contributed by atoms with Crippen LogP contribution in [0.3, 0.4) is 0 Å². The highest BCUT2D eigenvalue weighted by Crippen LogP contribution is 2.34. The van der Waals surface area contributed by atoms with E-state index in [4.69, 9.17) is 9.72 Å². The van der Waals surface area contributed by atoms with Crippen molar-refractivity contribution in [1.29, 1.82) is 0 Å². The Morgan fingerprint density at radius 1 is 1.36 bits per heavy atom. The van der Waals surface area contributed by atoms with E-state index in [-0.39, 0.29) is 11.8 Å². The summed E-state index contributed by atoms with van der Waals surface area (Å²) in [5.41, 5.74) is 4.11. The van der Waals surface area contributed by atoms with E-state index in [1.807, 2.05) is 18.2 Å². The Kier molecular flexibility index (Phi) is 4.74. The third-order valence-electron chi connectivity index (χ3n) is 5.53. The van der Waals surface area contributed by atoms with Gasteiger partial charge in [0.1, 0.15) is 0 Å². The number of nitrogens with one attached hydrogen (secondary N) is 2. The number of carbonyl (C=O) groups is 1. The second-order valence-corrected chi connectivity index (χ2v) is 8.44. The fraction of sp³-hybridized carbons (Fsp3) is 0.450. The van der Waals surface area contributed by atoms with E-state index in [0.29, 0.717) is 6.54 Å². The molecule has 2 aromatic heterocycles. The molecular formula is C20H23N5O2S. The van der Waals surface area contributed by atoms with Crippen LogP contribution >= 0.6 is 11.3 Å². The number of aromatic amines is 1. The Labute approximate surface area is 167 Å². The van der Waals surface area contributed by atoms with Gasteiger partial charge in [-0.3, -0.25) is 4.79 Å². The second kappa shape index (κ2) is 7.52. The van der Waals surface area contributed by atoms with Gasteiger partial charge in [-0.1, -0.05) is 6.07 Å². The van der Waals surface area contributed by atoms with Crippen LogP contribution in [-0.2, 0) is 28.9 Å². The lowest BCUT2D eigenvalue weighted by Crippen LogP contribution is -2.36. The number of H-pyrrole nitrogens is 1. The molecule has 1 aliphatic carbocycles. The van der Waals surface area contributed by atoms with E-state index in [2.05, 4.69) is 20.2 Å². The molecule has 2 aliphatic rings. The van der Waals surface area contributed by atoms with Gasteiger partial charge in [0.25, 0.3) is 0 Å². The molecule has 0 spiro atoms. The van der Waals surface area contributed by atoms with Crippen molar-refractivity contribution in [3.8, 4) is 0 Å². The number of ether oxygens (including phenoxy) is 1. The normalized spacial score (nSPS) is 19.6. The van der Waals surface area contributed by atoms with Crippen LogP contribution in [0.25, 0.3) is 11.0 Å². The summed E-state index contributed by atoms with van der Waals surface area (Å²) in [4.78, 5) is 28.5. The van der Waals surface area contributed by atoms with Gasteiger partial charge in [-0.25, -0.2) is 9.97 Å². The first-order chi connectivity index (χ1) is 13.8. The summed E-state index contributed by atoms with van der Waals surface area (Å²) < 4.78 is 5.43. The maximum absolute atomic E-state index is 12.7. The maximum Gasteiger partial charge on any atom is 0.223 e. The molecule has 1 unspecified atom stereocenters. The van der Waals surface area contributed by atoms with Crippen LogP contribution in [0.5, 0.6) is 0 Å². The number of hydrogen-bond donors (Lipinski definition) is 2. The number of morpholine rings is 1. The van der Waals surface area contributed by atoms with Crippen molar-refractivity contribution < 1.29 is 9.53 Å². The molecule has 1 amide bonds. The molecule has 1 atom stereocenters. The van der Waals surface area contributed by atoms with E-state index < -0.39 is 0 Å². The number of anilines is 1. The molecule has 1 saturated heterocycles. The van der Waals surface area contributed by atoms with Gasteiger partial charge in [-0.2, -0.15) is 0 Å². The van der Waals surface area contributed by atoms with Crippen LogP contribution < -0.4 is 10.2 Å². The fourth-order valence-electron chi connectivity index (χ4n) is 3.91. The highest BCUT2D eigenvalue weighted by molar-refractivity contribution is 7.15. The van der Waals surface area contributed by atoms with Gasteiger partial charge in [0.05, 0.1) is 36.3 Å². The van der Waals surface area contributed by atoms with Crippen LogP contribution in [-0.4, -0.2) is 47.2 Å². The first-order valence-electron chi connectivity index (χ1n) is 9.77. The van der Waals surface area contributed by atoms with Gasteiger partial charge in [-0.15, -0.1) is 11.3 Å². The van der Waals surface area contributed by atoms with E-state index in [1.165, 1.54) is 4.88 Å². The zero-order chi connectivity index (χ0) is 18.9. The topological polar surface area (TPSA) is 83.1 Å². The van der Waals surface area contributed by atoms with Crippen LogP contribution in [0.2, 0.25) is 0 Å². The van der Waals surface area contributed by atoms with Crippen LogP contribution in [0.15, 0.2) is 24.5 Å². The quantitative estimate of drug-likeness (QED) is 0.706. The molecule has 0 radical (unpaired) electrons. The Balaban J connectivity index is 1.21. The minimum Gasteiger partial charge on any atom is -0.378 e. The molecule has 3 aromatic rings. The Hall–Kier alpha value is -2.45. The molecule has 2 N–H and O–H groups in total. The van der Waals surface area contributed by atoms with Crippen molar-refractivity contribution in [2.45, 2.75) is 25.8 Å². The SMILES string of the molecule is O=C(NCc1ccc2nc[nH]c2c1)C1CCc2sc(N3CCOCC3)nc2C1. The van der Waals surface area contributed by atoms with Gasteiger partial charge >= 0.3 is 0 Å². The Morgan fingerprint density at radius 3 is 3.14 bits per heavy atom. The van der Waals surface area contributed by atoms with Gasteiger partial charge in [0, 0.05) is 36.9 Å². The Bertz CT molecular complexity index is 992. The molecular weight excluding hydrogens is 374 g/mol. The van der Waals surface area contributed by atoms with Gasteiger partial charge in [0.2, 0.25) is 5.91 Å². The lowest BCUT2D eigenvalue weighted by molar-refractivity contribution is -0.125. The molecule has 28 heavy (non-hydrogen) atoms. The van der Waals surface area contributed by atoms with E-state index in [1.54, 1.807) is 17.7 Å². The molecule has 1 aliphatic heterocycles. The van der Waals surface area contributed by atoms with Crippen molar-refractivity contribution in [3.05, 3.63) is 40.7 Å². The van der Waals surface area contributed by atoms with Crippen molar-refractivity contribution in [3.63, 3.8) is 0 Å². The zero-order valence-electron chi connectivity index (χ0n) is 15.6. The largest absolute Gasteiger partial charge is 0.378 e. The summed E-state index contributed by atoms with van der Waals surface area (Å²) in [5, 5.41) is 4.19. The van der Waals surface area contributed by atoms with Gasteiger partial charge < -0.3 is 19.9 Å². The minimum atomic E-state index is 0.00280. The Morgan fingerprint density at radius 2 is 2.25 bits per heavy atom. The van der Waals surface area contributed by atoms with E-state index in [9.17, 15) is 4.79 Å². The molecule has 3 heterocycles. The number of aryl methyl sites for hydroxylation is 1. The smallest absolute Gasteiger partial charge is 0.223 e. The fourth-order valence-corrected chi connectivity index (χ4v) is 5.06. The number of carbonyl (C=O) groups excluding carboxylic acids is 1. The number of rotatable bonds is 4. The summed E-state index contributed by atoms with van der Waals surface area (Å²) in [5.74, 6) is 0.124. The number of hydrogen-bond acceptors (Lipinski definition) is 6. The summed E-state index contributed by atoms with van der Waals surface area (Å²) in [6.07, 6.45) is 4.26.